The molecule has 0 radical (unpaired) electrons. The van der Waals surface area contributed by atoms with Gasteiger partial charge >= 0.3 is 0 Å². The zero-order valence-electron chi connectivity index (χ0n) is 18.6. The van der Waals surface area contributed by atoms with Gasteiger partial charge in [-0.1, -0.05) is 38.0 Å². The number of nitrogens with zero attached hydrogens (tertiary/aromatic N) is 1. The molecule has 0 unspecified atom stereocenters. The summed E-state index contributed by atoms with van der Waals surface area (Å²) < 4.78 is 33.1. The van der Waals surface area contributed by atoms with Crippen LogP contribution in [0.4, 0.5) is 0 Å². The molecular weight excluding hydrogens is 412 g/mol. The Hall–Kier alpha value is -2.38. The summed E-state index contributed by atoms with van der Waals surface area (Å²) in [7, 11) is -1.97. The Morgan fingerprint density at radius 2 is 1.81 bits per heavy atom. The monoisotopic (exact) mass is 444 g/mol. The molecule has 7 heteroatoms. The Balaban J connectivity index is 1.79. The molecule has 1 aliphatic rings. The maximum absolute atomic E-state index is 13.1. The van der Waals surface area contributed by atoms with Gasteiger partial charge in [0.2, 0.25) is 10.0 Å². The average molecular weight is 445 g/mol. The van der Waals surface area contributed by atoms with Gasteiger partial charge in [0, 0.05) is 18.7 Å². The Labute approximate surface area is 185 Å². The molecule has 0 spiro atoms. The second kappa shape index (κ2) is 10.3. The molecule has 1 N–H and O–H groups in total. The van der Waals surface area contributed by atoms with Crippen molar-refractivity contribution in [3.8, 4) is 5.75 Å². The summed E-state index contributed by atoms with van der Waals surface area (Å²) >= 11 is 0. The number of methoxy groups -OCH3 is 1. The van der Waals surface area contributed by atoms with Crippen LogP contribution in [0, 0.1) is 6.92 Å². The summed E-state index contributed by atoms with van der Waals surface area (Å²) in [5, 5.41) is 3.04. The number of hydrogen-bond acceptors (Lipinski definition) is 4. The molecule has 0 aromatic heterocycles. The van der Waals surface area contributed by atoms with Gasteiger partial charge in [0.05, 0.1) is 18.0 Å². The molecule has 1 heterocycles. The van der Waals surface area contributed by atoms with Crippen molar-refractivity contribution < 1.29 is 17.9 Å². The Morgan fingerprint density at radius 3 is 2.42 bits per heavy atom. The van der Waals surface area contributed by atoms with Gasteiger partial charge < -0.3 is 10.1 Å². The predicted octanol–water partition coefficient (Wildman–Crippen LogP) is 4.45. The lowest BCUT2D eigenvalue weighted by molar-refractivity contribution is 0.0935. The number of nitrogens with one attached hydrogen (secondary N) is 1. The summed E-state index contributed by atoms with van der Waals surface area (Å²) in [5.74, 6) is 0.518. The van der Waals surface area contributed by atoms with Crippen LogP contribution in [-0.4, -0.2) is 38.8 Å². The lowest BCUT2D eigenvalue weighted by Crippen LogP contribution is -2.32. The molecule has 0 bridgehead atoms. The summed E-state index contributed by atoms with van der Waals surface area (Å²) in [6, 6.07) is 12.0. The molecule has 1 saturated heterocycles. The van der Waals surface area contributed by atoms with Crippen molar-refractivity contribution in [2.75, 3.05) is 20.2 Å². The molecule has 1 atom stereocenters. The topological polar surface area (TPSA) is 75.7 Å². The Bertz CT molecular complexity index is 1010. The first-order valence-electron chi connectivity index (χ1n) is 10.9. The van der Waals surface area contributed by atoms with Crippen LogP contribution in [0.2, 0.25) is 0 Å². The lowest BCUT2D eigenvalue weighted by atomic mass is 10.0. The molecule has 1 aliphatic heterocycles. The Morgan fingerprint density at radius 1 is 1.10 bits per heavy atom. The van der Waals surface area contributed by atoms with Crippen molar-refractivity contribution >= 4 is 15.9 Å². The maximum Gasteiger partial charge on any atom is 0.251 e. The van der Waals surface area contributed by atoms with E-state index in [9.17, 15) is 13.2 Å². The number of amides is 1. The number of ether oxygens (including phenoxy) is 1. The Kier molecular flexibility index (Phi) is 7.73. The fourth-order valence-corrected chi connectivity index (χ4v) is 5.57. The van der Waals surface area contributed by atoms with E-state index >= 15 is 0 Å². The minimum atomic E-state index is -3.60. The minimum absolute atomic E-state index is 0.176. The number of hydrogen-bond donors (Lipinski definition) is 1. The number of sulfonamides is 1. The number of carbonyl (C=O) groups excluding carboxylic acids is 1. The quantitative estimate of drug-likeness (QED) is 0.685. The zero-order valence-corrected chi connectivity index (χ0v) is 19.4. The molecule has 1 amide bonds. The van der Waals surface area contributed by atoms with Crippen LogP contribution in [0.3, 0.4) is 0 Å². The highest BCUT2D eigenvalue weighted by molar-refractivity contribution is 7.89. The van der Waals surface area contributed by atoms with E-state index in [1.54, 1.807) is 29.6 Å². The second-order valence-electron chi connectivity index (χ2n) is 8.01. The second-order valence-corrected chi connectivity index (χ2v) is 9.95. The van der Waals surface area contributed by atoms with E-state index in [2.05, 4.69) is 5.32 Å². The predicted molar refractivity (Wildman–Crippen MR) is 122 cm³/mol. The van der Waals surface area contributed by atoms with Gasteiger partial charge in [-0.05, 0) is 61.6 Å². The number of aryl methyl sites for hydroxylation is 1. The van der Waals surface area contributed by atoms with Gasteiger partial charge in [-0.15, -0.1) is 0 Å². The van der Waals surface area contributed by atoms with E-state index in [1.807, 2.05) is 32.0 Å². The highest BCUT2D eigenvalue weighted by atomic mass is 32.2. The summed E-state index contributed by atoms with van der Waals surface area (Å²) in [4.78, 5) is 13.1. The standard InChI is InChI=1S/C24H32N2O4S/c1-4-22(19-12-13-23(30-3)18(2)16-19)25-24(27)20-10-9-11-21(17-20)31(28,29)26-14-7-5-6-8-15-26/h9-13,16-17,22H,4-8,14-15H2,1-3H3,(H,25,27)/t22-/m1/s1. The van der Waals surface area contributed by atoms with Crippen molar-refractivity contribution in [3.05, 3.63) is 59.2 Å². The van der Waals surface area contributed by atoms with E-state index in [4.69, 9.17) is 4.74 Å². The first-order valence-corrected chi connectivity index (χ1v) is 12.4. The fraction of sp³-hybridized carbons (Fsp3) is 0.458. The third-order valence-corrected chi connectivity index (χ3v) is 7.73. The largest absolute Gasteiger partial charge is 0.496 e. The van der Waals surface area contributed by atoms with Crippen LogP contribution in [0.1, 0.15) is 66.6 Å². The molecule has 3 rings (SSSR count). The van der Waals surface area contributed by atoms with Crippen molar-refractivity contribution in [2.45, 2.75) is 56.9 Å². The van der Waals surface area contributed by atoms with Gasteiger partial charge in [-0.3, -0.25) is 4.79 Å². The number of benzene rings is 2. The first-order chi connectivity index (χ1) is 14.9. The molecule has 2 aromatic rings. The summed E-state index contributed by atoms with van der Waals surface area (Å²) in [5.41, 5.74) is 2.33. The molecule has 0 saturated carbocycles. The highest BCUT2D eigenvalue weighted by Gasteiger charge is 2.26. The normalized spacial score (nSPS) is 16.4. The molecule has 1 fully saturated rings. The molecule has 2 aromatic carbocycles. The molecule has 31 heavy (non-hydrogen) atoms. The van der Waals surface area contributed by atoms with Gasteiger partial charge in [0.15, 0.2) is 0 Å². The third kappa shape index (κ3) is 5.46. The van der Waals surface area contributed by atoms with Crippen LogP contribution in [-0.2, 0) is 10.0 Å². The molecular formula is C24H32N2O4S. The third-order valence-electron chi connectivity index (χ3n) is 5.83. The smallest absolute Gasteiger partial charge is 0.251 e. The lowest BCUT2D eigenvalue weighted by Gasteiger charge is -2.21. The molecule has 6 nitrogen and oxygen atoms in total. The van der Waals surface area contributed by atoms with Gasteiger partial charge in [0.1, 0.15) is 5.75 Å². The average Bonchev–Trinajstić information content (AvgIpc) is 3.07. The van der Waals surface area contributed by atoms with Gasteiger partial charge in [-0.25, -0.2) is 8.42 Å². The summed E-state index contributed by atoms with van der Waals surface area (Å²) in [6.45, 7) is 5.04. The van der Waals surface area contributed by atoms with E-state index in [1.165, 1.54) is 6.07 Å². The SMILES string of the molecule is CC[C@@H](NC(=O)c1cccc(S(=O)(=O)N2CCCCCC2)c1)c1ccc(OC)c(C)c1. The minimum Gasteiger partial charge on any atom is -0.496 e. The van der Waals surface area contributed by atoms with E-state index in [-0.39, 0.29) is 16.8 Å². The van der Waals surface area contributed by atoms with Crippen LogP contribution >= 0.6 is 0 Å². The van der Waals surface area contributed by atoms with E-state index < -0.39 is 10.0 Å². The van der Waals surface area contributed by atoms with Crippen LogP contribution in [0.5, 0.6) is 5.75 Å². The highest BCUT2D eigenvalue weighted by Crippen LogP contribution is 2.25. The van der Waals surface area contributed by atoms with Crippen molar-refractivity contribution in [1.29, 1.82) is 0 Å². The van der Waals surface area contributed by atoms with Gasteiger partial charge in [-0.2, -0.15) is 4.31 Å². The summed E-state index contributed by atoms with van der Waals surface area (Å²) in [6.07, 6.45) is 4.57. The van der Waals surface area contributed by atoms with Crippen molar-refractivity contribution in [1.82, 2.24) is 9.62 Å². The van der Waals surface area contributed by atoms with E-state index in [0.717, 1.165) is 42.6 Å². The zero-order chi connectivity index (χ0) is 22.4. The molecule has 0 aliphatic carbocycles. The van der Waals surface area contributed by atoms with Crippen molar-refractivity contribution in [2.24, 2.45) is 0 Å². The van der Waals surface area contributed by atoms with Crippen LogP contribution in [0.25, 0.3) is 0 Å². The first kappa shape index (κ1) is 23.3. The van der Waals surface area contributed by atoms with Gasteiger partial charge in [0.25, 0.3) is 5.91 Å². The van der Waals surface area contributed by atoms with Crippen LogP contribution in [0.15, 0.2) is 47.4 Å². The van der Waals surface area contributed by atoms with Crippen molar-refractivity contribution in [3.63, 3.8) is 0 Å². The number of rotatable bonds is 7. The van der Waals surface area contributed by atoms with E-state index in [0.29, 0.717) is 25.1 Å². The molecule has 168 valence electrons. The maximum atomic E-state index is 13.1. The fourth-order valence-electron chi connectivity index (χ4n) is 4.01. The van der Waals surface area contributed by atoms with Crippen LogP contribution < -0.4 is 10.1 Å². The number of carbonyl (C=O) groups is 1.